The SMILES string of the molecule is N[C@H](CF)c1ccc(OC(F)F)cc1. The van der Waals surface area contributed by atoms with Crippen LogP contribution in [0.4, 0.5) is 13.2 Å². The largest absolute Gasteiger partial charge is 0.435 e. The quantitative estimate of drug-likeness (QED) is 0.818. The van der Waals surface area contributed by atoms with E-state index < -0.39 is 19.3 Å². The molecule has 1 atom stereocenters. The number of rotatable bonds is 4. The molecule has 1 rings (SSSR count). The van der Waals surface area contributed by atoms with Gasteiger partial charge in [0.05, 0.1) is 6.04 Å². The van der Waals surface area contributed by atoms with E-state index in [0.717, 1.165) is 0 Å². The van der Waals surface area contributed by atoms with Crippen LogP contribution in [-0.2, 0) is 0 Å². The molecule has 0 aliphatic heterocycles. The minimum Gasteiger partial charge on any atom is -0.435 e. The van der Waals surface area contributed by atoms with Crippen molar-refractivity contribution in [2.75, 3.05) is 6.67 Å². The summed E-state index contributed by atoms with van der Waals surface area (Å²) in [4.78, 5) is 0. The second kappa shape index (κ2) is 4.85. The average Bonchev–Trinajstić information content (AvgIpc) is 2.17. The van der Waals surface area contributed by atoms with Gasteiger partial charge in [0.15, 0.2) is 0 Å². The molecule has 2 N–H and O–H groups in total. The lowest BCUT2D eigenvalue weighted by Gasteiger charge is -2.08. The summed E-state index contributed by atoms with van der Waals surface area (Å²) in [6, 6.07) is 4.87. The van der Waals surface area contributed by atoms with E-state index in [4.69, 9.17) is 5.73 Å². The minimum atomic E-state index is -2.85. The molecule has 0 saturated carbocycles. The highest BCUT2D eigenvalue weighted by molar-refractivity contribution is 5.29. The highest BCUT2D eigenvalue weighted by Gasteiger charge is 2.07. The van der Waals surface area contributed by atoms with Crippen LogP contribution in [0.25, 0.3) is 0 Å². The van der Waals surface area contributed by atoms with Gasteiger partial charge in [0, 0.05) is 0 Å². The first-order valence-electron chi connectivity index (χ1n) is 4.00. The number of ether oxygens (including phenoxy) is 1. The third-order valence-electron chi connectivity index (χ3n) is 1.70. The zero-order chi connectivity index (χ0) is 10.6. The van der Waals surface area contributed by atoms with Crippen molar-refractivity contribution in [2.45, 2.75) is 12.7 Å². The second-order valence-electron chi connectivity index (χ2n) is 2.71. The Balaban J connectivity index is 2.68. The standard InChI is InChI=1S/C9H10F3NO/c10-5-8(13)6-1-3-7(4-2-6)14-9(11)12/h1-4,8-9H,5,13H2/t8-/m1/s1. The first-order valence-corrected chi connectivity index (χ1v) is 4.00. The van der Waals surface area contributed by atoms with Crippen molar-refractivity contribution in [3.63, 3.8) is 0 Å². The summed E-state index contributed by atoms with van der Waals surface area (Å²) < 4.78 is 39.7. The van der Waals surface area contributed by atoms with Crippen LogP contribution in [0.15, 0.2) is 24.3 Å². The predicted molar refractivity (Wildman–Crippen MR) is 46.0 cm³/mol. The smallest absolute Gasteiger partial charge is 0.387 e. The number of hydrogen-bond acceptors (Lipinski definition) is 2. The Labute approximate surface area is 79.5 Å². The van der Waals surface area contributed by atoms with Gasteiger partial charge in [0.2, 0.25) is 0 Å². The number of halogens is 3. The van der Waals surface area contributed by atoms with E-state index in [1.165, 1.54) is 24.3 Å². The van der Waals surface area contributed by atoms with Gasteiger partial charge in [0.25, 0.3) is 0 Å². The molecule has 0 unspecified atom stereocenters. The van der Waals surface area contributed by atoms with E-state index in [-0.39, 0.29) is 5.75 Å². The fraction of sp³-hybridized carbons (Fsp3) is 0.333. The normalized spacial score (nSPS) is 12.9. The Morgan fingerprint density at radius 1 is 1.21 bits per heavy atom. The van der Waals surface area contributed by atoms with Crippen LogP contribution in [0.5, 0.6) is 5.75 Å². The maximum atomic E-state index is 12.1. The van der Waals surface area contributed by atoms with Crippen LogP contribution in [0.2, 0.25) is 0 Å². The monoisotopic (exact) mass is 205 g/mol. The lowest BCUT2D eigenvalue weighted by atomic mass is 10.1. The molecule has 0 amide bonds. The number of hydrogen-bond donors (Lipinski definition) is 1. The Kier molecular flexibility index (Phi) is 3.76. The molecule has 14 heavy (non-hydrogen) atoms. The Morgan fingerprint density at radius 3 is 2.21 bits per heavy atom. The second-order valence-corrected chi connectivity index (χ2v) is 2.71. The molecule has 5 heteroatoms. The first-order chi connectivity index (χ1) is 6.63. The van der Waals surface area contributed by atoms with Gasteiger partial charge in [-0.3, -0.25) is 0 Å². The van der Waals surface area contributed by atoms with Gasteiger partial charge in [-0.25, -0.2) is 4.39 Å². The molecule has 0 radical (unpaired) electrons. The van der Waals surface area contributed by atoms with E-state index >= 15 is 0 Å². The van der Waals surface area contributed by atoms with Crippen molar-refractivity contribution in [3.8, 4) is 5.75 Å². The van der Waals surface area contributed by atoms with Gasteiger partial charge in [0.1, 0.15) is 12.4 Å². The summed E-state index contributed by atoms with van der Waals surface area (Å²) in [6.07, 6.45) is 0. The van der Waals surface area contributed by atoms with Gasteiger partial charge >= 0.3 is 6.61 Å². The third-order valence-corrected chi connectivity index (χ3v) is 1.70. The summed E-state index contributed by atoms with van der Waals surface area (Å²) in [5, 5.41) is 0. The van der Waals surface area contributed by atoms with E-state index in [1.54, 1.807) is 0 Å². The fourth-order valence-corrected chi connectivity index (χ4v) is 0.986. The number of nitrogens with two attached hydrogens (primary N) is 1. The van der Waals surface area contributed by atoms with Gasteiger partial charge in [-0.2, -0.15) is 8.78 Å². The molecule has 2 nitrogen and oxygen atoms in total. The molecule has 0 spiro atoms. The van der Waals surface area contributed by atoms with Crippen molar-refractivity contribution in [1.29, 1.82) is 0 Å². The van der Waals surface area contributed by atoms with Crippen LogP contribution < -0.4 is 10.5 Å². The molecule has 1 aromatic rings. The summed E-state index contributed by atoms with van der Waals surface area (Å²) in [7, 11) is 0. The molecule has 0 fully saturated rings. The van der Waals surface area contributed by atoms with Crippen molar-refractivity contribution in [1.82, 2.24) is 0 Å². The topological polar surface area (TPSA) is 35.2 Å². The molecule has 78 valence electrons. The van der Waals surface area contributed by atoms with E-state index in [0.29, 0.717) is 5.56 Å². The van der Waals surface area contributed by atoms with Crippen LogP contribution in [0.3, 0.4) is 0 Å². The summed E-state index contributed by atoms with van der Waals surface area (Å²) >= 11 is 0. The maximum absolute atomic E-state index is 12.1. The number of alkyl halides is 3. The molecule has 0 aliphatic rings. The Morgan fingerprint density at radius 2 is 1.79 bits per heavy atom. The predicted octanol–water partition coefficient (Wildman–Crippen LogP) is 2.26. The average molecular weight is 205 g/mol. The lowest BCUT2D eigenvalue weighted by Crippen LogP contribution is -2.12. The fourth-order valence-electron chi connectivity index (χ4n) is 0.986. The van der Waals surface area contributed by atoms with Crippen LogP contribution in [0, 0.1) is 0 Å². The molecule has 0 heterocycles. The zero-order valence-electron chi connectivity index (χ0n) is 7.29. The summed E-state index contributed by atoms with van der Waals surface area (Å²) in [6.45, 7) is -3.54. The van der Waals surface area contributed by atoms with Crippen molar-refractivity contribution in [3.05, 3.63) is 29.8 Å². The van der Waals surface area contributed by atoms with E-state index in [9.17, 15) is 13.2 Å². The maximum Gasteiger partial charge on any atom is 0.387 e. The number of benzene rings is 1. The van der Waals surface area contributed by atoms with E-state index in [2.05, 4.69) is 4.74 Å². The molecule has 0 aromatic heterocycles. The summed E-state index contributed by atoms with van der Waals surface area (Å²) in [5.74, 6) is 0.0369. The van der Waals surface area contributed by atoms with Gasteiger partial charge in [-0.05, 0) is 17.7 Å². The zero-order valence-corrected chi connectivity index (χ0v) is 7.29. The van der Waals surface area contributed by atoms with Gasteiger partial charge < -0.3 is 10.5 Å². The van der Waals surface area contributed by atoms with E-state index in [1.807, 2.05) is 0 Å². The minimum absolute atomic E-state index is 0.0369. The van der Waals surface area contributed by atoms with Crippen molar-refractivity contribution in [2.24, 2.45) is 5.73 Å². The third kappa shape index (κ3) is 2.92. The molecular formula is C9H10F3NO. The molecule has 1 aromatic carbocycles. The highest BCUT2D eigenvalue weighted by atomic mass is 19.3. The van der Waals surface area contributed by atoms with Gasteiger partial charge in [-0.1, -0.05) is 12.1 Å². The molecular weight excluding hydrogens is 195 g/mol. The highest BCUT2D eigenvalue weighted by Crippen LogP contribution is 2.18. The lowest BCUT2D eigenvalue weighted by molar-refractivity contribution is -0.0498. The van der Waals surface area contributed by atoms with Crippen molar-refractivity contribution >= 4 is 0 Å². The Bertz CT molecular complexity index is 276. The first kappa shape index (κ1) is 10.8. The van der Waals surface area contributed by atoms with Gasteiger partial charge in [-0.15, -0.1) is 0 Å². The molecule has 0 bridgehead atoms. The van der Waals surface area contributed by atoms with Crippen LogP contribution in [0.1, 0.15) is 11.6 Å². The molecule has 0 saturated heterocycles. The summed E-state index contributed by atoms with van der Waals surface area (Å²) in [5.41, 5.74) is 5.93. The van der Waals surface area contributed by atoms with Crippen molar-refractivity contribution < 1.29 is 17.9 Å². The van der Waals surface area contributed by atoms with Crippen LogP contribution in [-0.4, -0.2) is 13.3 Å². The Hall–Kier alpha value is -1.23. The van der Waals surface area contributed by atoms with Crippen LogP contribution >= 0.6 is 0 Å². The molecule has 0 aliphatic carbocycles.